The van der Waals surface area contributed by atoms with Gasteiger partial charge in [-0.15, -0.1) is 0 Å². The molecule has 0 aromatic carbocycles. The molecule has 0 aliphatic rings. The van der Waals surface area contributed by atoms with E-state index in [2.05, 4.69) is 15.5 Å². The van der Waals surface area contributed by atoms with E-state index in [1.165, 1.54) is 0 Å². The van der Waals surface area contributed by atoms with E-state index < -0.39 is 6.10 Å². The molecule has 18 heavy (non-hydrogen) atoms. The molecule has 0 fully saturated rings. The second-order valence-corrected chi connectivity index (χ2v) is 4.49. The van der Waals surface area contributed by atoms with E-state index in [1.54, 1.807) is 6.07 Å². The number of carbonyl (C=O) groups is 1. The van der Waals surface area contributed by atoms with E-state index in [1.807, 2.05) is 20.8 Å². The van der Waals surface area contributed by atoms with Crippen LogP contribution < -0.4 is 5.32 Å². The highest BCUT2D eigenvalue weighted by Crippen LogP contribution is 2.12. The van der Waals surface area contributed by atoms with Crippen LogP contribution in [0.3, 0.4) is 0 Å². The van der Waals surface area contributed by atoms with Crippen LogP contribution in [-0.4, -0.2) is 33.9 Å². The van der Waals surface area contributed by atoms with Gasteiger partial charge in [0.1, 0.15) is 5.69 Å². The van der Waals surface area contributed by atoms with Crippen LogP contribution in [0.15, 0.2) is 6.07 Å². The van der Waals surface area contributed by atoms with Crippen LogP contribution in [0.1, 0.15) is 49.8 Å². The van der Waals surface area contributed by atoms with Crippen LogP contribution >= 0.6 is 0 Å². The minimum Gasteiger partial charge on any atom is -0.391 e. The van der Waals surface area contributed by atoms with E-state index >= 15 is 0 Å². The topological polar surface area (TPSA) is 78.0 Å². The summed E-state index contributed by atoms with van der Waals surface area (Å²) in [5, 5.41) is 19.4. The van der Waals surface area contributed by atoms with Gasteiger partial charge in [0.15, 0.2) is 0 Å². The van der Waals surface area contributed by atoms with Crippen molar-refractivity contribution in [1.82, 2.24) is 15.5 Å². The van der Waals surface area contributed by atoms with Gasteiger partial charge < -0.3 is 10.4 Å². The molecule has 1 heterocycles. The van der Waals surface area contributed by atoms with E-state index in [9.17, 15) is 9.90 Å². The molecule has 1 amide bonds. The first kappa shape index (κ1) is 14.7. The van der Waals surface area contributed by atoms with Gasteiger partial charge in [0.05, 0.1) is 6.10 Å². The number of aromatic amines is 1. The van der Waals surface area contributed by atoms with E-state index in [0.717, 1.165) is 25.0 Å². The van der Waals surface area contributed by atoms with Crippen LogP contribution in [-0.2, 0) is 6.42 Å². The molecule has 1 aromatic heterocycles. The van der Waals surface area contributed by atoms with Gasteiger partial charge in [-0.3, -0.25) is 9.89 Å². The van der Waals surface area contributed by atoms with Crippen molar-refractivity contribution in [2.24, 2.45) is 5.92 Å². The first-order valence-corrected chi connectivity index (χ1v) is 6.62. The Morgan fingerprint density at radius 1 is 1.44 bits per heavy atom. The number of aromatic nitrogens is 2. The molecule has 102 valence electrons. The summed E-state index contributed by atoms with van der Waals surface area (Å²) in [6.07, 6.45) is 2.15. The Hall–Kier alpha value is -1.36. The molecule has 0 saturated carbocycles. The number of aliphatic hydroxyl groups excluding tert-OH is 1. The number of amides is 1. The van der Waals surface area contributed by atoms with E-state index in [-0.39, 0.29) is 18.4 Å². The molecule has 0 aliphatic heterocycles. The number of hydrogen-bond donors (Lipinski definition) is 3. The molecule has 0 aliphatic carbocycles. The molecule has 0 spiro atoms. The predicted octanol–water partition coefficient (Wildman–Crippen LogP) is 1.50. The Morgan fingerprint density at radius 2 is 2.11 bits per heavy atom. The number of hydrogen-bond acceptors (Lipinski definition) is 3. The van der Waals surface area contributed by atoms with Gasteiger partial charge in [0.25, 0.3) is 5.91 Å². The smallest absolute Gasteiger partial charge is 0.271 e. The Bertz CT molecular complexity index is 372. The third-order valence-electron chi connectivity index (χ3n) is 3.31. The molecule has 1 rings (SSSR count). The summed E-state index contributed by atoms with van der Waals surface area (Å²) in [5.74, 6) is -0.00774. The summed E-state index contributed by atoms with van der Waals surface area (Å²) >= 11 is 0. The first-order valence-electron chi connectivity index (χ1n) is 6.62. The lowest BCUT2D eigenvalue weighted by molar-refractivity contribution is 0.0813. The Morgan fingerprint density at radius 3 is 2.61 bits per heavy atom. The second-order valence-electron chi connectivity index (χ2n) is 4.49. The third-order valence-corrected chi connectivity index (χ3v) is 3.31. The lowest BCUT2D eigenvalue weighted by Gasteiger charge is -2.19. The van der Waals surface area contributed by atoms with Crippen molar-refractivity contribution in [2.75, 3.05) is 6.54 Å². The zero-order valence-electron chi connectivity index (χ0n) is 11.4. The van der Waals surface area contributed by atoms with Gasteiger partial charge in [-0.05, 0) is 18.4 Å². The molecule has 0 saturated heterocycles. The van der Waals surface area contributed by atoms with Gasteiger partial charge in [-0.2, -0.15) is 5.10 Å². The fourth-order valence-corrected chi connectivity index (χ4v) is 1.95. The summed E-state index contributed by atoms with van der Waals surface area (Å²) in [6.45, 7) is 6.35. The zero-order valence-corrected chi connectivity index (χ0v) is 11.4. The number of aliphatic hydroxyl groups is 1. The second kappa shape index (κ2) is 7.16. The zero-order chi connectivity index (χ0) is 13.5. The maximum absolute atomic E-state index is 11.8. The quantitative estimate of drug-likeness (QED) is 0.689. The average Bonchev–Trinajstić information content (AvgIpc) is 2.86. The Labute approximate surface area is 108 Å². The minimum atomic E-state index is -0.492. The fourth-order valence-electron chi connectivity index (χ4n) is 1.95. The fraction of sp³-hybridized carbons (Fsp3) is 0.692. The van der Waals surface area contributed by atoms with Crippen molar-refractivity contribution in [1.29, 1.82) is 0 Å². The molecule has 1 atom stereocenters. The highest BCUT2D eigenvalue weighted by atomic mass is 16.3. The minimum absolute atomic E-state index is 0.232. The van der Waals surface area contributed by atoms with Gasteiger partial charge >= 0.3 is 0 Å². The number of carbonyl (C=O) groups excluding carboxylic acids is 1. The first-order chi connectivity index (χ1) is 8.62. The highest BCUT2D eigenvalue weighted by Gasteiger charge is 2.17. The predicted molar refractivity (Wildman–Crippen MR) is 70.4 cm³/mol. The largest absolute Gasteiger partial charge is 0.391 e. The summed E-state index contributed by atoms with van der Waals surface area (Å²) in [4.78, 5) is 11.8. The SMILES string of the molecule is CCc1cc(C(=O)NCC(O)C(CC)CC)n[nH]1. The molecule has 0 bridgehead atoms. The molecule has 1 aromatic rings. The Kier molecular flexibility index (Phi) is 5.85. The van der Waals surface area contributed by atoms with Crippen LogP contribution in [0.25, 0.3) is 0 Å². The van der Waals surface area contributed by atoms with Crippen LogP contribution in [0.2, 0.25) is 0 Å². The average molecular weight is 253 g/mol. The van der Waals surface area contributed by atoms with Gasteiger partial charge in [0, 0.05) is 12.2 Å². The number of rotatable bonds is 7. The molecular formula is C13H23N3O2. The lowest BCUT2D eigenvalue weighted by atomic mass is 9.96. The normalized spacial score (nSPS) is 12.7. The standard InChI is InChI=1S/C13H23N3O2/c1-4-9(5-2)12(17)8-14-13(18)11-7-10(6-3)15-16-11/h7,9,12,17H,4-6,8H2,1-3H3,(H,14,18)(H,15,16). The summed E-state index contributed by atoms with van der Waals surface area (Å²) in [6, 6.07) is 1.73. The molecule has 0 radical (unpaired) electrons. The molecular weight excluding hydrogens is 230 g/mol. The van der Waals surface area contributed by atoms with Crippen LogP contribution in [0.5, 0.6) is 0 Å². The van der Waals surface area contributed by atoms with Gasteiger partial charge in [-0.1, -0.05) is 33.6 Å². The molecule has 5 nitrogen and oxygen atoms in total. The molecule has 5 heteroatoms. The maximum atomic E-state index is 11.8. The summed E-state index contributed by atoms with van der Waals surface area (Å²) < 4.78 is 0. The third kappa shape index (κ3) is 3.84. The molecule has 3 N–H and O–H groups in total. The monoisotopic (exact) mass is 253 g/mol. The molecule has 1 unspecified atom stereocenters. The summed E-state index contributed by atoms with van der Waals surface area (Å²) in [7, 11) is 0. The van der Waals surface area contributed by atoms with Gasteiger partial charge in [-0.25, -0.2) is 0 Å². The number of H-pyrrole nitrogens is 1. The maximum Gasteiger partial charge on any atom is 0.271 e. The van der Waals surface area contributed by atoms with Crippen molar-refractivity contribution in [3.8, 4) is 0 Å². The van der Waals surface area contributed by atoms with Crippen molar-refractivity contribution in [2.45, 2.75) is 46.1 Å². The number of nitrogens with zero attached hydrogens (tertiary/aromatic N) is 1. The van der Waals surface area contributed by atoms with Crippen LogP contribution in [0.4, 0.5) is 0 Å². The van der Waals surface area contributed by atoms with Gasteiger partial charge in [0.2, 0.25) is 0 Å². The summed E-state index contributed by atoms with van der Waals surface area (Å²) in [5.41, 5.74) is 1.31. The van der Waals surface area contributed by atoms with Crippen molar-refractivity contribution in [3.63, 3.8) is 0 Å². The van der Waals surface area contributed by atoms with Crippen molar-refractivity contribution >= 4 is 5.91 Å². The van der Waals surface area contributed by atoms with Crippen LogP contribution in [0, 0.1) is 5.92 Å². The van der Waals surface area contributed by atoms with E-state index in [0.29, 0.717) is 5.69 Å². The van der Waals surface area contributed by atoms with Crippen molar-refractivity contribution in [3.05, 3.63) is 17.5 Å². The Balaban J connectivity index is 2.45. The highest BCUT2D eigenvalue weighted by molar-refractivity contribution is 5.92. The lowest BCUT2D eigenvalue weighted by Crippen LogP contribution is -2.36. The number of nitrogens with one attached hydrogen (secondary N) is 2. The number of aryl methyl sites for hydroxylation is 1. The van der Waals surface area contributed by atoms with E-state index in [4.69, 9.17) is 0 Å². The van der Waals surface area contributed by atoms with Crippen molar-refractivity contribution < 1.29 is 9.90 Å².